The van der Waals surface area contributed by atoms with Gasteiger partial charge in [0.15, 0.2) is 0 Å². The molecule has 2 aliphatic heterocycles. The third kappa shape index (κ3) is 5.89. The zero-order chi connectivity index (χ0) is 28.1. The highest BCUT2D eigenvalue weighted by molar-refractivity contribution is 8.26. The fraction of sp³-hybridized carbons (Fsp3) is 0.448. The van der Waals surface area contributed by atoms with Crippen molar-refractivity contribution < 1.29 is 9.18 Å². The highest BCUT2D eigenvalue weighted by Crippen LogP contribution is 2.36. The minimum absolute atomic E-state index is 0.0851. The molecule has 2 fully saturated rings. The number of rotatable bonds is 9. The maximum absolute atomic E-state index is 14.4. The van der Waals surface area contributed by atoms with Crippen molar-refractivity contribution in [1.82, 2.24) is 9.47 Å². The second kappa shape index (κ2) is 12.8. The third-order valence-corrected chi connectivity index (χ3v) is 8.58. The van der Waals surface area contributed by atoms with Crippen molar-refractivity contribution >= 4 is 51.8 Å². The number of thioether (sulfide) groups is 1. The minimum atomic E-state index is -0.326. The Kier molecular flexibility index (Phi) is 9.46. The summed E-state index contributed by atoms with van der Waals surface area (Å²) < 4.78 is 16.6. The summed E-state index contributed by atoms with van der Waals surface area (Å²) in [5, 5.41) is 9.88. The minimum Gasteiger partial charge on any atom is -0.366 e. The van der Waals surface area contributed by atoms with Gasteiger partial charge in [-0.2, -0.15) is 5.26 Å². The third-order valence-electron chi connectivity index (χ3n) is 7.20. The van der Waals surface area contributed by atoms with Crippen molar-refractivity contribution in [3.63, 3.8) is 0 Å². The number of hydrogen-bond donors (Lipinski definition) is 0. The number of hydrogen-bond acceptors (Lipinski definition) is 7. The zero-order valence-electron chi connectivity index (χ0n) is 22.7. The number of piperazine rings is 1. The first kappa shape index (κ1) is 28.8. The van der Waals surface area contributed by atoms with Gasteiger partial charge >= 0.3 is 0 Å². The number of carbonyl (C=O) groups is 1. The maximum atomic E-state index is 14.4. The Balaban J connectivity index is 1.75. The number of halogens is 1. The fourth-order valence-corrected chi connectivity index (χ4v) is 6.42. The average molecular weight is 568 g/mol. The van der Waals surface area contributed by atoms with Gasteiger partial charge in [-0.05, 0) is 43.5 Å². The van der Waals surface area contributed by atoms with E-state index in [0.29, 0.717) is 77.5 Å². The van der Waals surface area contributed by atoms with E-state index in [9.17, 15) is 19.2 Å². The molecule has 2 aromatic rings. The van der Waals surface area contributed by atoms with E-state index in [1.807, 2.05) is 17.9 Å². The van der Waals surface area contributed by atoms with Gasteiger partial charge in [0.1, 0.15) is 27.6 Å². The van der Waals surface area contributed by atoms with Crippen LogP contribution in [0.4, 0.5) is 15.9 Å². The molecule has 0 saturated carbocycles. The number of benzene rings is 1. The fourth-order valence-electron chi connectivity index (χ4n) is 5.13. The predicted molar refractivity (Wildman–Crippen MR) is 161 cm³/mol. The molecule has 0 spiro atoms. The topological polar surface area (TPSA) is 72.6 Å². The molecule has 0 N–H and O–H groups in total. The number of anilines is 2. The van der Waals surface area contributed by atoms with E-state index in [1.165, 1.54) is 17.8 Å². The number of nitriles is 1. The van der Waals surface area contributed by atoms with Gasteiger partial charge in [0.2, 0.25) is 0 Å². The van der Waals surface area contributed by atoms with E-state index < -0.39 is 0 Å². The molecule has 0 bridgehead atoms. The number of thiocarbonyl (C=S) groups is 1. The van der Waals surface area contributed by atoms with Gasteiger partial charge < -0.3 is 9.80 Å². The molecule has 2 aliphatic rings. The molecule has 1 amide bonds. The molecule has 39 heavy (non-hydrogen) atoms. The molecule has 0 atom stereocenters. The predicted octanol–water partition coefficient (Wildman–Crippen LogP) is 5.30. The molecule has 206 valence electrons. The van der Waals surface area contributed by atoms with Crippen LogP contribution in [0.3, 0.4) is 0 Å². The van der Waals surface area contributed by atoms with Crippen molar-refractivity contribution in [2.45, 2.75) is 53.0 Å². The summed E-state index contributed by atoms with van der Waals surface area (Å²) in [6.07, 6.45) is 5.46. The average Bonchev–Trinajstić information content (AvgIpc) is 3.20. The summed E-state index contributed by atoms with van der Waals surface area (Å²) in [7, 11) is 0. The zero-order valence-corrected chi connectivity index (χ0v) is 24.3. The van der Waals surface area contributed by atoms with Crippen LogP contribution in [0.2, 0.25) is 0 Å². The van der Waals surface area contributed by atoms with E-state index >= 15 is 0 Å². The lowest BCUT2D eigenvalue weighted by molar-refractivity contribution is -0.122. The van der Waals surface area contributed by atoms with E-state index in [0.717, 1.165) is 19.3 Å². The quantitative estimate of drug-likeness (QED) is 0.231. The molecule has 0 aliphatic carbocycles. The van der Waals surface area contributed by atoms with Gasteiger partial charge in [-0.15, -0.1) is 0 Å². The summed E-state index contributed by atoms with van der Waals surface area (Å²) in [5.41, 5.74) is 1.56. The van der Waals surface area contributed by atoms with Gasteiger partial charge in [0.05, 0.1) is 10.6 Å². The summed E-state index contributed by atoms with van der Waals surface area (Å²) in [6.45, 7) is 9.14. The monoisotopic (exact) mass is 567 g/mol. The molecule has 3 heterocycles. The van der Waals surface area contributed by atoms with Gasteiger partial charge in [-0.1, -0.05) is 62.8 Å². The van der Waals surface area contributed by atoms with Crippen LogP contribution in [-0.4, -0.2) is 52.4 Å². The van der Waals surface area contributed by atoms with E-state index in [-0.39, 0.29) is 22.8 Å². The molecular weight excluding hydrogens is 533 g/mol. The standard InChI is InChI=1S/C29H34FN5O2S2/c1-4-6-9-13-35-28(37)25(39-29(35)38)18-21-20(3)22(19-31)27(36)34(12-5-2)26(21)33-16-14-32(15-17-33)24-11-8-7-10-23(24)30/h7-8,10-11,18H,4-6,9,12-17H2,1-3H3/b25-18+. The first-order valence-electron chi connectivity index (χ1n) is 13.5. The van der Waals surface area contributed by atoms with Crippen molar-refractivity contribution in [1.29, 1.82) is 5.26 Å². The number of para-hydroxylation sites is 1. The number of amides is 1. The first-order valence-corrected chi connectivity index (χ1v) is 14.7. The lowest BCUT2D eigenvalue weighted by Crippen LogP contribution is -2.49. The van der Waals surface area contributed by atoms with Crippen LogP contribution in [0, 0.1) is 24.1 Å². The van der Waals surface area contributed by atoms with Crippen molar-refractivity contribution in [3.05, 3.63) is 62.0 Å². The normalized spacial score (nSPS) is 16.9. The van der Waals surface area contributed by atoms with E-state index in [1.54, 1.807) is 34.6 Å². The molecule has 1 aromatic heterocycles. The molecule has 1 aromatic carbocycles. The van der Waals surface area contributed by atoms with Crippen LogP contribution in [0.15, 0.2) is 34.0 Å². The van der Waals surface area contributed by atoms with Gasteiger partial charge in [0, 0.05) is 44.8 Å². The van der Waals surface area contributed by atoms with Gasteiger partial charge in [-0.3, -0.25) is 19.1 Å². The Morgan fingerprint density at radius 1 is 1.05 bits per heavy atom. The number of pyridine rings is 1. The van der Waals surface area contributed by atoms with Crippen molar-refractivity contribution in [3.8, 4) is 6.07 Å². The lowest BCUT2D eigenvalue weighted by atomic mass is 10.0. The van der Waals surface area contributed by atoms with Crippen LogP contribution in [0.25, 0.3) is 6.08 Å². The SMILES string of the molecule is CCCCCN1C(=O)/C(=C\c2c(C)c(C#N)c(=O)n(CCC)c2N2CCN(c3ccccc3F)CC2)SC1=S. The largest absolute Gasteiger partial charge is 0.366 e. The van der Waals surface area contributed by atoms with Gasteiger partial charge in [0.25, 0.3) is 11.5 Å². The smallest absolute Gasteiger partial charge is 0.270 e. The number of aromatic nitrogens is 1. The molecule has 0 radical (unpaired) electrons. The van der Waals surface area contributed by atoms with Crippen LogP contribution < -0.4 is 15.4 Å². The van der Waals surface area contributed by atoms with Crippen molar-refractivity contribution in [2.75, 3.05) is 42.5 Å². The van der Waals surface area contributed by atoms with Gasteiger partial charge in [-0.25, -0.2) is 4.39 Å². The number of unbranched alkanes of at least 4 members (excludes halogenated alkanes) is 2. The Morgan fingerprint density at radius 3 is 2.38 bits per heavy atom. The Hall–Kier alpha value is -3.16. The Labute approximate surface area is 238 Å². The summed E-state index contributed by atoms with van der Waals surface area (Å²) in [4.78, 5) is 33.1. The summed E-state index contributed by atoms with van der Waals surface area (Å²) >= 11 is 6.80. The van der Waals surface area contributed by atoms with Crippen LogP contribution in [0.1, 0.15) is 56.2 Å². The maximum Gasteiger partial charge on any atom is 0.270 e. The Bertz CT molecular complexity index is 1390. The highest BCUT2D eigenvalue weighted by atomic mass is 32.2. The van der Waals surface area contributed by atoms with E-state index in [2.05, 4.69) is 17.9 Å². The molecule has 7 nitrogen and oxygen atoms in total. The second-order valence-corrected chi connectivity index (χ2v) is 11.4. The molecule has 10 heteroatoms. The first-order chi connectivity index (χ1) is 18.8. The molecule has 0 unspecified atom stereocenters. The molecular formula is C29H34FN5O2S2. The Morgan fingerprint density at radius 2 is 1.74 bits per heavy atom. The molecule has 2 saturated heterocycles. The lowest BCUT2D eigenvalue weighted by Gasteiger charge is -2.39. The van der Waals surface area contributed by atoms with E-state index in [4.69, 9.17) is 12.2 Å². The second-order valence-electron chi connectivity index (χ2n) is 9.77. The van der Waals surface area contributed by atoms with Crippen LogP contribution >= 0.6 is 24.0 Å². The highest BCUT2D eigenvalue weighted by Gasteiger charge is 2.33. The summed E-state index contributed by atoms with van der Waals surface area (Å²) in [5.74, 6) is 0.301. The van der Waals surface area contributed by atoms with Crippen molar-refractivity contribution in [2.24, 2.45) is 0 Å². The summed E-state index contributed by atoms with van der Waals surface area (Å²) in [6, 6.07) is 8.83. The van der Waals surface area contributed by atoms with Crippen LogP contribution in [-0.2, 0) is 11.3 Å². The molecule has 4 rings (SSSR count). The number of carbonyl (C=O) groups excluding carboxylic acids is 1. The number of nitrogens with zero attached hydrogens (tertiary/aromatic N) is 5. The van der Waals surface area contributed by atoms with Crippen LogP contribution in [0.5, 0.6) is 0 Å².